The molecule has 3 heterocycles. The predicted molar refractivity (Wildman–Crippen MR) is 252 cm³/mol. The Hall–Kier alpha value is -7.73. The van der Waals surface area contributed by atoms with Crippen LogP contribution in [0.1, 0.15) is 0 Å². The lowest BCUT2D eigenvalue weighted by Gasteiger charge is -2.17. The zero-order valence-corrected chi connectivity index (χ0v) is 33.1. The molecule has 0 spiro atoms. The Morgan fingerprint density at radius 2 is 0.867 bits per heavy atom. The van der Waals surface area contributed by atoms with Crippen molar-refractivity contribution in [1.29, 1.82) is 0 Å². The van der Waals surface area contributed by atoms with E-state index in [9.17, 15) is 0 Å². The highest BCUT2D eigenvalue weighted by atomic mass is 32.1. The van der Waals surface area contributed by atoms with Gasteiger partial charge in [0.1, 0.15) is 0 Å². The van der Waals surface area contributed by atoms with Crippen LogP contribution in [-0.4, -0.2) is 19.5 Å². The number of hydrogen-bond donors (Lipinski definition) is 0. The summed E-state index contributed by atoms with van der Waals surface area (Å²) < 4.78 is 4.98. The van der Waals surface area contributed by atoms with Crippen molar-refractivity contribution in [2.75, 3.05) is 0 Å². The van der Waals surface area contributed by atoms with Crippen molar-refractivity contribution in [2.24, 2.45) is 0 Å². The zero-order chi connectivity index (χ0) is 39.6. The van der Waals surface area contributed by atoms with E-state index < -0.39 is 0 Å². The van der Waals surface area contributed by atoms with E-state index in [1.807, 2.05) is 29.5 Å². The molecule has 0 N–H and O–H groups in total. The number of para-hydroxylation sites is 2. The van der Waals surface area contributed by atoms with Gasteiger partial charge in [0.25, 0.3) is 0 Å². The molecular weight excluding hydrogens is 749 g/mol. The molecule has 0 unspecified atom stereocenters. The minimum Gasteiger partial charge on any atom is -0.309 e. The molecule has 0 amide bonds. The fourth-order valence-electron chi connectivity index (χ4n) is 8.73. The molecule has 4 nitrogen and oxygen atoms in total. The highest BCUT2D eigenvalue weighted by Gasteiger charge is 2.19. The molecule has 3 aromatic heterocycles. The molecule has 12 aromatic rings. The maximum absolute atomic E-state index is 5.27. The first kappa shape index (κ1) is 34.3. The van der Waals surface area contributed by atoms with Gasteiger partial charge in [-0.1, -0.05) is 164 Å². The van der Waals surface area contributed by atoms with Gasteiger partial charge in [-0.25, -0.2) is 15.0 Å². The summed E-state index contributed by atoms with van der Waals surface area (Å²) in [7, 11) is 0. The van der Waals surface area contributed by atoms with Gasteiger partial charge in [-0.05, 0) is 69.9 Å². The third kappa shape index (κ3) is 5.78. The number of thiophene rings is 1. The lowest BCUT2D eigenvalue weighted by Crippen LogP contribution is -2.02. The fourth-order valence-corrected chi connectivity index (χ4v) is 9.88. The molecule has 0 aliphatic rings. The van der Waals surface area contributed by atoms with Gasteiger partial charge in [-0.15, -0.1) is 11.3 Å². The fraction of sp³-hybridized carbons (Fsp3) is 0. The van der Waals surface area contributed by atoms with Crippen LogP contribution in [0.15, 0.2) is 206 Å². The largest absolute Gasteiger partial charge is 0.309 e. The van der Waals surface area contributed by atoms with Gasteiger partial charge in [-0.3, -0.25) is 0 Å². The molecule has 0 saturated heterocycles. The van der Waals surface area contributed by atoms with E-state index in [-0.39, 0.29) is 0 Å². The van der Waals surface area contributed by atoms with Crippen LogP contribution in [0.4, 0.5) is 0 Å². The predicted octanol–water partition coefficient (Wildman–Crippen LogP) is 14.8. The molecule has 0 radical (unpaired) electrons. The van der Waals surface area contributed by atoms with E-state index >= 15 is 0 Å². The Balaban J connectivity index is 1.05. The Labute approximate surface area is 350 Å². The third-order valence-corrected chi connectivity index (χ3v) is 12.8. The maximum atomic E-state index is 5.27. The second-order valence-corrected chi connectivity index (χ2v) is 16.3. The summed E-state index contributed by atoms with van der Waals surface area (Å²) >= 11 is 1.84. The number of aromatic nitrogens is 4. The van der Waals surface area contributed by atoms with Gasteiger partial charge < -0.3 is 4.57 Å². The normalized spacial score (nSPS) is 11.7. The number of benzene rings is 9. The van der Waals surface area contributed by atoms with Crippen molar-refractivity contribution >= 4 is 64.1 Å². The molecule has 12 rings (SSSR count). The molecule has 0 aliphatic heterocycles. The number of fused-ring (bicyclic) bond motifs is 7. The van der Waals surface area contributed by atoms with Crippen molar-refractivity contribution in [3.63, 3.8) is 0 Å². The summed E-state index contributed by atoms with van der Waals surface area (Å²) in [6.45, 7) is 0. The first-order valence-electron chi connectivity index (χ1n) is 20.2. The smallest absolute Gasteiger partial charge is 0.164 e. The molecule has 60 heavy (non-hydrogen) atoms. The summed E-state index contributed by atoms with van der Waals surface area (Å²) in [6.07, 6.45) is 0. The lowest BCUT2D eigenvalue weighted by molar-refractivity contribution is 1.07. The second kappa shape index (κ2) is 14.0. The summed E-state index contributed by atoms with van der Waals surface area (Å²) in [5, 5.41) is 7.43. The first-order chi connectivity index (χ1) is 29.7. The second-order valence-electron chi connectivity index (χ2n) is 15.2. The standard InChI is InChI=1S/C55H34N4S/c1-2-14-36(15-3-1)53-56-54(41-18-12-17-38(32-41)39-27-30-47-46-21-8-11-24-51(46)60-52(47)34-39)58-55(57-53)42-28-29-43(40-26-25-35-13-4-5-16-37(35)31-40)50(33-42)59-48-22-9-6-19-44(48)45-20-7-10-23-49(45)59/h1-34H. The molecule has 280 valence electrons. The first-order valence-corrected chi connectivity index (χ1v) is 21.0. The van der Waals surface area contributed by atoms with Crippen molar-refractivity contribution in [3.05, 3.63) is 206 Å². The SMILES string of the molecule is c1ccc(-c2nc(-c3cccc(-c4ccc5c(c4)sc4ccccc45)c3)nc(-c3ccc(-c4ccc5ccccc5c4)c(-n4c5ccccc5c5ccccc54)c3)n2)cc1. The van der Waals surface area contributed by atoms with Crippen LogP contribution in [0.5, 0.6) is 0 Å². The number of rotatable bonds is 6. The lowest BCUT2D eigenvalue weighted by atomic mass is 9.98. The number of hydrogen-bond acceptors (Lipinski definition) is 4. The Kier molecular flexibility index (Phi) is 8.00. The molecule has 0 saturated carbocycles. The van der Waals surface area contributed by atoms with E-state index in [1.165, 1.54) is 41.7 Å². The highest BCUT2D eigenvalue weighted by Crippen LogP contribution is 2.40. The Morgan fingerprint density at radius 3 is 1.65 bits per heavy atom. The topological polar surface area (TPSA) is 43.6 Å². The van der Waals surface area contributed by atoms with Crippen LogP contribution in [0.2, 0.25) is 0 Å². The molecule has 5 heteroatoms. The van der Waals surface area contributed by atoms with Crippen LogP contribution in [0.25, 0.3) is 115 Å². The summed E-state index contributed by atoms with van der Waals surface area (Å²) in [6, 6.07) is 73.5. The van der Waals surface area contributed by atoms with E-state index in [1.54, 1.807) is 0 Å². The molecule has 0 aliphatic carbocycles. The van der Waals surface area contributed by atoms with Crippen LogP contribution < -0.4 is 0 Å². The Morgan fingerprint density at radius 1 is 0.317 bits per heavy atom. The van der Waals surface area contributed by atoms with E-state index in [2.05, 4.69) is 193 Å². The van der Waals surface area contributed by atoms with Crippen LogP contribution in [0.3, 0.4) is 0 Å². The summed E-state index contributed by atoms with van der Waals surface area (Å²) in [4.78, 5) is 15.6. The quantitative estimate of drug-likeness (QED) is 0.169. The number of nitrogens with zero attached hydrogens (tertiary/aromatic N) is 4. The molecule has 0 fully saturated rings. The van der Waals surface area contributed by atoms with Gasteiger partial charge in [-0.2, -0.15) is 0 Å². The molecule has 0 bridgehead atoms. The van der Waals surface area contributed by atoms with E-state index in [0.29, 0.717) is 17.5 Å². The molecular formula is C55H34N4S. The minimum atomic E-state index is 0.614. The Bertz CT molecular complexity index is 3570. The van der Waals surface area contributed by atoms with Gasteiger partial charge in [0.05, 0.1) is 16.7 Å². The highest BCUT2D eigenvalue weighted by molar-refractivity contribution is 7.25. The third-order valence-electron chi connectivity index (χ3n) is 11.6. The van der Waals surface area contributed by atoms with Gasteiger partial charge in [0.15, 0.2) is 17.5 Å². The molecule has 0 atom stereocenters. The summed E-state index contributed by atoms with van der Waals surface area (Å²) in [5.74, 6) is 1.87. The van der Waals surface area contributed by atoms with E-state index in [0.717, 1.165) is 55.7 Å². The van der Waals surface area contributed by atoms with Crippen molar-refractivity contribution in [2.45, 2.75) is 0 Å². The average molecular weight is 783 g/mol. The van der Waals surface area contributed by atoms with Crippen LogP contribution in [0, 0.1) is 0 Å². The van der Waals surface area contributed by atoms with Gasteiger partial charge in [0, 0.05) is 53.2 Å². The zero-order valence-electron chi connectivity index (χ0n) is 32.3. The van der Waals surface area contributed by atoms with Crippen molar-refractivity contribution in [3.8, 4) is 62.1 Å². The van der Waals surface area contributed by atoms with Gasteiger partial charge >= 0.3 is 0 Å². The van der Waals surface area contributed by atoms with Crippen molar-refractivity contribution < 1.29 is 0 Å². The van der Waals surface area contributed by atoms with Crippen LogP contribution >= 0.6 is 11.3 Å². The summed E-state index contributed by atoms with van der Waals surface area (Å²) in [5.41, 5.74) is 10.7. The van der Waals surface area contributed by atoms with Crippen LogP contribution in [-0.2, 0) is 0 Å². The monoisotopic (exact) mass is 782 g/mol. The molecule has 9 aromatic carbocycles. The van der Waals surface area contributed by atoms with Crippen molar-refractivity contribution in [1.82, 2.24) is 19.5 Å². The maximum Gasteiger partial charge on any atom is 0.164 e. The minimum absolute atomic E-state index is 0.614. The van der Waals surface area contributed by atoms with Gasteiger partial charge in [0.2, 0.25) is 0 Å². The average Bonchev–Trinajstić information content (AvgIpc) is 3.87. The van der Waals surface area contributed by atoms with E-state index in [4.69, 9.17) is 15.0 Å².